The van der Waals surface area contributed by atoms with E-state index in [0.29, 0.717) is 25.4 Å². The Labute approximate surface area is 89.9 Å². The standard InChI is InChI=1S/C10H18O5/c1-4-12-7-9(8-15-14-6-3)10(11)13-5-2/h7H,4-6,8H2,1-3H3. The van der Waals surface area contributed by atoms with E-state index in [1.807, 2.05) is 6.92 Å². The quantitative estimate of drug-likeness (QED) is 0.154. The highest BCUT2D eigenvalue weighted by Gasteiger charge is 2.11. The molecule has 0 aromatic rings. The van der Waals surface area contributed by atoms with E-state index in [9.17, 15) is 4.79 Å². The summed E-state index contributed by atoms with van der Waals surface area (Å²) in [5.41, 5.74) is 0.298. The third-order valence-electron chi connectivity index (χ3n) is 1.35. The summed E-state index contributed by atoms with van der Waals surface area (Å²) in [5, 5.41) is 0. The van der Waals surface area contributed by atoms with Crippen LogP contribution < -0.4 is 0 Å². The first kappa shape index (κ1) is 13.9. The Bertz CT molecular complexity index is 200. The van der Waals surface area contributed by atoms with Crippen LogP contribution in [0.5, 0.6) is 0 Å². The third kappa shape index (κ3) is 6.93. The minimum absolute atomic E-state index is 0.0205. The molecule has 0 aliphatic rings. The van der Waals surface area contributed by atoms with Crippen molar-refractivity contribution in [2.45, 2.75) is 20.8 Å². The molecule has 0 N–H and O–H groups in total. The van der Waals surface area contributed by atoms with E-state index in [1.165, 1.54) is 6.26 Å². The predicted octanol–water partition coefficient (Wildman–Crippen LogP) is 1.44. The Morgan fingerprint density at radius 1 is 1.07 bits per heavy atom. The van der Waals surface area contributed by atoms with Crippen molar-refractivity contribution < 1.29 is 24.0 Å². The monoisotopic (exact) mass is 218 g/mol. The van der Waals surface area contributed by atoms with Crippen molar-refractivity contribution in [1.29, 1.82) is 0 Å². The van der Waals surface area contributed by atoms with E-state index in [4.69, 9.17) is 14.4 Å². The van der Waals surface area contributed by atoms with Gasteiger partial charge in [-0.25, -0.2) is 14.6 Å². The van der Waals surface area contributed by atoms with Crippen LogP contribution in [0.3, 0.4) is 0 Å². The van der Waals surface area contributed by atoms with Gasteiger partial charge in [-0.15, -0.1) is 0 Å². The van der Waals surface area contributed by atoms with E-state index >= 15 is 0 Å². The molecule has 0 amide bonds. The van der Waals surface area contributed by atoms with Crippen molar-refractivity contribution in [3.63, 3.8) is 0 Å². The van der Waals surface area contributed by atoms with E-state index < -0.39 is 5.97 Å². The van der Waals surface area contributed by atoms with Crippen molar-refractivity contribution >= 4 is 5.97 Å². The summed E-state index contributed by atoms with van der Waals surface area (Å²) >= 11 is 0. The second-order valence-electron chi connectivity index (χ2n) is 2.49. The molecule has 0 bridgehead atoms. The highest BCUT2D eigenvalue weighted by Crippen LogP contribution is 2.01. The molecule has 5 nitrogen and oxygen atoms in total. The van der Waals surface area contributed by atoms with Crippen molar-refractivity contribution in [2.75, 3.05) is 26.4 Å². The summed E-state index contributed by atoms with van der Waals surface area (Å²) in [7, 11) is 0. The Balaban J connectivity index is 4.11. The Morgan fingerprint density at radius 3 is 2.33 bits per heavy atom. The maximum Gasteiger partial charge on any atom is 0.339 e. The maximum atomic E-state index is 11.3. The third-order valence-corrected chi connectivity index (χ3v) is 1.35. The maximum absolute atomic E-state index is 11.3. The molecular weight excluding hydrogens is 200 g/mol. The number of esters is 1. The molecule has 0 saturated carbocycles. The van der Waals surface area contributed by atoms with Crippen LogP contribution in [0.25, 0.3) is 0 Å². The van der Waals surface area contributed by atoms with Crippen molar-refractivity contribution in [1.82, 2.24) is 0 Å². The van der Waals surface area contributed by atoms with Gasteiger partial charge in [0.05, 0.1) is 26.1 Å². The smallest absolute Gasteiger partial charge is 0.339 e. The highest BCUT2D eigenvalue weighted by atomic mass is 17.2. The van der Waals surface area contributed by atoms with Crippen LogP contribution in [-0.4, -0.2) is 32.4 Å². The van der Waals surface area contributed by atoms with Gasteiger partial charge in [0.1, 0.15) is 12.2 Å². The highest BCUT2D eigenvalue weighted by molar-refractivity contribution is 5.88. The van der Waals surface area contributed by atoms with Gasteiger partial charge in [0.15, 0.2) is 0 Å². The second kappa shape index (κ2) is 9.48. The molecule has 0 aromatic carbocycles. The van der Waals surface area contributed by atoms with Gasteiger partial charge in [0, 0.05) is 0 Å². The topological polar surface area (TPSA) is 54.0 Å². The number of hydrogen-bond acceptors (Lipinski definition) is 5. The summed E-state index contributed by atoms with van der Waals surface area (Å²) in [5.74, 6) is -0.453. The average Bonchev–Trinajstić information content (AvgIpc) is 2.23. The van der Waals surface area contributed by atoms with E-state index in [0.717, 1.165) is 0 Å². The van der Waals surface area contributed by atoms with Gasteiger partial charge in [-0.3, -0.25) is 0 Å². The normalized spacial score (nSPS) is 11.3. The Morgan fingerprint density at radius 2 is 1.80 bits per heavy atom. The van der Waals surface area contributed by atoms with Crippen LogP contribution in [0.15, 0.2) is 11.8 Å². The zero-order valence-corrected chi connectivity index (χ0v) is 9.45. The number of rotatable bonds is 8. The first-order chi connectivity index (χ1) is 7.26. The Hall–Kier alpha value is -1.07. The van der Waals surface area contributed by atoms with Gasteiger partial charge in [-0.2, -0.15) is 0 Å². The summed E-state index contributed by atoms with van der Waals surface area (Å²) in [4.78, 5) is 20.8. The predicted molar refractivity (Wildman–Crippen MR) is 53.9 cm³/mol. The molecule has 0 aliphatic heterocycles. The minimum atomic E-state index is -0.453. The molecular formula is C10H18O5. The first-order valence-electron chi connectivity index (χ1n) is 4.98. The molecule has 88 valence electrons. The largest absolute Gasteiger partial charge is 0.501 e. The molecule has 0 aliphatic carbocycles. The lowest BCUT2D eigenvalue weighted by Crippen LogP contribution is -2.13. The number of hydrogen-bond donors (Lipinski definition) is 0. The van der Waals surface area contributed by atoms with Gasteiger partial charge in [0.25, 0.3) is 0 Å². The van der Waals surface area contributed by atoms with Crippen LogP contribution in [0, 0.1) is 0 Å². The van der Waals surface area contributed by atoms with Gasteiger partial charge in [-0.1, -0.05) is 0 Å². The van der Waals surface area contributed by atoms with Crippen LogP contribution in [0.1, 0.15) is 20.8 Å². The number of carbonyl (C=O) groups is 1. The summed E-state index contributed by atoms with van der Waals surface area (Å²) in [6.45, 7) is 6.59. The summed E-state index contributed by atoms with van der Waals surface area (Å²) in [6, 6.07) is 0. The van der Waals surface area contributed by atoms with Crippen molar-refractivity contribution in [2.24, 2.45) is 0 Å². The Kier molecular flexibility index (Phi) is 8.81. The average molecular weight is 218 g/mol. The fourth-order valence-electron chi connectivity index (χ4n) is 0.737. The molecule has 0 radical (unpaired) electrons. The molecule has 0 rings (SSSR count). The zero-order valence-electron chi connectivity index (χ0n) is 9.45. The van der Waals surface area contributed by atoms with Crippen molar-refractivity contribution in [3.05, 3.63) is 11.8 Å². The second-order valence-corrected chi connectivity index (χ2v) is 2.49. The molecule has 0 fully saturated rings. The van der Waals surface area contributed by atoms with Gasteiger partial charge < -0.3 is 9.47 Å². The lowest BCUT2D eigenvalue weighted by Gasteiger charge is -2.06. The molecule has 5 heteroatoms. The van der Waals surface area contributed by atoms with Gasteiger partial charge >= 0.3 is 5.97 Å². The number of carbonyl (C=O) groups excluding carboxylic acids is 1. The van der Waals surface area contributed by atoms with Gasteiger partial charge in [0.2, 0.25) is 0 Å². The molecule has 0 aromatic heterocycles. The van der Waals surface area contributed by atoms with Crippen LogP contribution in [0.4, 0.5) is 0 Å². The van der Waals surface area contributed by atoms with Crippen LogP contribution in [-0.2, 0) is 24.0 Å². The SMILES string of the molecule is CCOC=C(COOCC)C(=O)OCC. The van der Waals surface area contributed by atoms with E-state index in [1.54, 1.807) is 13.8 Å². The van der Waals surface area contributed by atoms with Crippen molar-refractivity contribution in [3.8, 4) is 0 Å². The summed E-state index contributed by atoms with van der Waals surface area (Å²) in [6.07, 6.45) is 1.33. The molecule has 0 atom stereocenters. The fourth-order valence-corrected chi connectivity index (χ4v) is 0.737. The van der Waals surface area contributed by atoms with E-state index in [2.05, 4.69) is 4.89 Å². The molecule has 0 spiro atoms. The molecule has 0 saturated heterocycles. The van der Waals surface area contributed by atoms with Crippen LogP contribution >= 0.6 is 0 Å². The van der Waals surface area contributed by atoms with Gasteiger partial charge in [-0.05, 0) is 20.8 Å². The van der Waals surface area contributed by atoms with E-state index in [-0.39, 0.29) is 6.61 Å². The lowest BCUT2D eigenvalue weighted by molar-refractivity contribution is -0.284. The van der Waals surface area contributed by atoms with Crippen LogP contribution in [0.2, 0.25) is 0 Å². The fraction of sp³-hybridized carbons (Fsp3) is 0.700. The summed E-state index contributed by atoms with van der Waals surface area (Å²) < 4.78 is 9.80. The first-order valence-corrected chi connectivity index (χ1v) is 4.98. The zero-order chi connectivity index (χ0) is 11.5. The molecule has 0 unspecified atom stereocenters. The molecule has 0 heterocycles. The number of ether oxygens (including phenoxy) is 2. The lowest BCUT2D eigenvalue weighted by atomic mass is 10.3. The minimum Gasteiger partial charge on any atom is -0.501 e. The molecule has 15 heavy (non-hydrogen) atoms.